The van der Waals surface area contributed by atoms with Crippen LogP contribution in [0.3, 0.4) is 0 Å². The van der Waals surface area contributed by atoms with Gasteiger partial charge in [0, 0.05) is 35.1 Å². The summed E-state index contributed by atoms with van der Waals surface area (Å²) in [5, 5.41) is 11.6. The number of nitro benzene ring substituents is 1. The highest BCUT2D eigenvalue weighted by Crippen LogP contribution is 2.43. The minimum atomic E-state index is -0.541. The first-order valence-electron chi connectivity index (χ1n) is 9.09. The molecule has 0 saturated heterocycles. The molecule has 1 heterocycles. The van der Waals surface area contributed by atoms with Gasteiger partial charge in [-0.05, 0) is 38.5 Å². The number of carbonyl (C=O) groups is 1. The van der Waals surface area contributed by atoms with Crippen molar-refractivity contribution in [3.05, 3.63) is 93.3 Å². The summed E-state index contributed by atoms with van der Waals surface area (Å²) in [5.41, 5.74) is 3.31. The number of carbonyl (C=O) groups excluding carboxylic acids is 1. The normalized spacial score (nSPS) is 16.6. The fourth-order valence-corrected chi connectivity index (χ4v) is 3.57. The smallest absolute Gasteiger partial charge is 0.336 e. The molecule has 2 aromatic rings. The molecule has 1 aliphatic rings. The third-order valence-corrected chi connectivity index (χ3v) is 4.80. The second-order valence-corrected chi connectivity index (χ2v) is 6.55. The van der Waals surface area contributed by atoms with E-state index in [-0.39, 0.29) is 12.3 Å². The average Bonchev–Trinajstić information content (AvgIpc) is 2.69. The van der Waals surface area contributed by atoms with Gasteiger partial charge in [0.25, 0.3) is 5.69 Å². The number of anilines is 1. The van der Waals surface area contributed by atoms with Crippen LogP contribution in [0.15, 0.2) is 77.6 Å². The van der Waals surface area contributed by atoms with Crippen molar-refractivity contribution in [2.24, 2.45) is 0 Å². The molecule has 1 aliphatic heterocycles. The maximum absolute atomic E-state index is 12.9. The van der Waals surface area contributed by atoms with Gasteiger partial charge in [0.15, 0.2) is 0 Å². The molecule has 0 aliphatic carbocycles. The van der Waals surface area contributed by atoms with Gasteiger partial charge in [-0.2, -0.15) is 0 Å². The highest BCUT2D eigenvalue weighted by Gasteiger charge is 2.36. The Bertz CT molecular complexity index is 964. The van der Waals surface area contributed by atoms with E-state index in [1.165, 1.54) is 6.07 Å². The van der Waals surface area contributed by atoms with Gasteiger partial charge in [-0.1, -0.05) is 36.4 Å². The molecule has 6 nitrogen and oxygen atoms in total. The first kappa shape index (κ1) is 19.4. The van der Waals surface area contributed by atoms with E-state index in [9.17, 15) is 14.9 Å². The van der Waals surface area contributed by atoms with Crippen molar-refractivity contribution in [2.75, 3.05) is 11.5 Å². The zero-order valence-corrected chi connectivity index (χ0v) is 16.1. The molecule has 0 aromatic heterocycles. The Kier molecular flexibility index (Phi) is 5.59. The van der Waals surface area contributed by atoms with Crippen LogP contribution in [0.2, 0.25) is 0 Å². The van der Waals surface area contributed by atoms with E-state index in [0.29, 0.717) is 16.8 Å². The number of benzene rings is 2. The summed E-state index contributed by atoms with van der Waals surface area (Å²) in [5.74, 6) is -1.00. The zero-order valence-electron chi connectivity index (χ0n) is 16.1. The molecule has 28 heavy (non-hydrogen) atoms. The fraction of sp³-hybridized carbons (Fsp3) is 0.227. The molecule has 1 atom stereocenters. The van der Waals surface area contributed by atoms with Crippen LogP contribution in [0.4, 0.5) is 11.4 Å². The topological polar surface area (TPSA) is 72.7 Å². The van der Waals surface area contributed by atoms with E-state index in [4.69, 9.17) is 4.74 Å². The monoisotopic (exact) mass is 378 g/mol. The molecule has 1 unspecified atom stereocenters. The molecule has 0 N–H and O–H groups in total. The van der Waals surface area contributed by atoms with Crippen LogP contribution < -0.4 is 4.90 Å². The summed E-state index contributed by atoms with van der Waals surface area (Å²) in [6.07, 6.45) is 1.93. The maximum Gasteiger partial charge on any atom is 0.336 e. The summed E-state index contributed by atoms with van der Waals surface area (Å²) < 4.78 is 5.32. The first-order chi connectivity index (χ1) is 13.5. The van der Waals surface area contributed by atoms with Gasteiger partial charge >= 0.3 is 5.97 Å². The molecule has 144 valence electrons. The van der Waals surface area contributed by atoms with Crippen LogP contribution in [0.25, 0.3) is 0 Å². The average molecular weight is 378 g/mol. The van der Waals surface area contributed by atoms with Gasteiger partial charge in [0.2, 0.25) is 0 Å². The Balaban J connectivity index is 2.20. The highest BCUT2D eigenvalue weighted by atomic mass is 16.6. The minimum absolute atomic E-state index is 0.0111. The number of esters is 1. The molecular formula is C22H22N2O4. The zero-order chi connectivity index (χ0) is 20.3. The van der Waals surface area contributed by atoms with Crippen LogP contribution in [0, 0.1) is 10.1 Å². The van der Waals surface area contributed by atoms with E-state index in [2.05, 4.69) is 0 Å². The quantitative estimate of drug-likeness (QED) is 0.419. The van der Waals surface area contributed by atoms with Crippen LogP contribution >= 0.6 is 0 Å². The number of nitrogens with zero attached hydrogens (tertiary/aromatic N) is 2. The van der Waals surface area contributed by atoms with Crippen molar-refractivity contribution in [2.45, 2.75) is 26.7 Å². The van der Waals surface area contributed by atoms with E-state index in [1.807, 2.05) is 55.3 Å². The van der Waals surface area contributed by atoms with E-state index in [1.54, 1.807) is 25.1 Å². The standard InChI is InChI=1S/C22H22N2O4/c1-4-28-22(25)21-16(3)23(17-10-6-5-7-11-17)14-15(2)20(21)18-12-8-9-13-19(18)24(26)27/h5-14,20H,4H2,1-3H3. The number of hydrogen-bond acceptors (Lipinski definition) is 5. The Labute approximate surface area is 163 Å². The van der Waals surface area contributed by atoms with Gasteiger partial charge < -0.3 is 9.64 Å². The molecule has 0 saturated carbocycles. The summed E-state index contributed by atoms with van der Waals surface area (Å²) >= 11 is 0. The lowest BCUT2D eigenvalue weighted by Crippen LogP contribution is -2.29. The van der Waals surface area contributed by atoms with E-state index < -0.39 is 16.8 Å². The summed E-state index contributed by atoms with van der Waals surface area (Å²) in [6.45, 7) is 5.69. The van der Waals surface area contributed by atoms with Crippen LogP contribution in [0.5, 0.6) is 0 Å². The fourth-order valence-electron chi connectivity index (χ4n) is 3.57. The summed E-state index contributed by atoms with van der Waals surface area (Å²) in [7, 11) is 0. The van der Waals surface area contributed by atoms with Crippen molar-refractivity contribution in [3.8, 4) is 0 Å². The predicted molar refractivity (Wildman–Crippen MR) is 108 cm³/mol. The van der Waals surface area contributed by atoms with Crippen molar-refractivity contribution in [1.29, 1.82) is 0 Å². The minimum Gasteiger partial charge on any atom is -0.463 e. The molecule has 6 heteroatoms. The Morgan fingerprint density at radius 3 is 2.39 bits per heavy atom. The molecule has 0 bridgehead atoms. The van der Waals surface area contributed by atoms with Crippen molar-refractivity contribution in [3.63, 3.8) is 0 Å². The Hall–Kier alpha value is -3.41. The lowest BCUT2D eigenvalue weighted by molar-refractivity contribution is -0.385. The molecule has 0 radical (unpaired) electrons. The number of nitro groups is 1. The number of rotatable bonds is 5. The van der Waals surface area contributed by atoms with Crippen molar-refractivity contribution >= 4 is 17.3 Å². The summed E-state index contributed by atoms with van der Waals surface area (Å²) in [6, 6.07) is 16.2. The Morgan fingerprint density at radius 1 is 1.11 bits per heavy atom. The predicted octanol–water partition coefficient (Wildman–Crippen LogP) is 4.94. The number of allylic oxidation sites excluding steroid dienone is 2. The number of para-hydroxylation sites is 2. The van der Waals surface area contributed by atoms with Crippen LogP contribution in [0.1, 0.15) is 32.3 Å². The largest absolute Gasteiger partial charge is 0.463 e. The molecule has 0 amide bonds. The third-order valence-electron chi connectivity index (χ3n) is 4.80. The number of ether oxygens (including phenoxy) is 1. The van der Waals surface area contributed by atoms with E-state index >= 15 is 0 Å². The highest BCUT2D eigenvalue weighted by molar-refractivity contribution is 5.94. The van der Waals surface area contributed by atoms with Gasteiger partial charge in [-0.25, -0.2) is 4.79 Å². The van der Waals surface area contributed by atoms with Gasteiger partial charge in [-0.3, -0.25) is 10.1 Å². The third kappa shape index (κ3) is 3.53. The summed E-state index contributed by atoms with van der Waals surface area (Å²) in [4.78, 5) is 26.0. The van der Waals surface area contributed by atoms with Gasteiger partial charge in [0.1, 0.15) is 0 Å². The maximum atomic E-state index is 12.9. The van der Waals surface area contributed by atoms with Gasteiger partial charge in [-0.15, -0.1) is 0 Å². The second kappa shape index (κ2) is 8.08. The molecule has 0 fully saturated rings. The molecular weight excluding hydrogens is 356 g/mol. The van der Waals surface area contributed by atoms with Crippen LogP contribution in [-0.2, 0) is 9.53 Å². The molecule has 3 rings (SSSR count). The molecule has 0 spiro atoms. The van der Waals surface area contributed by atoms with E-state index in [0.717, 1.165) is 11.3 Å². The first-order valence-corrected chi connectivity index (χ1v) is 9.09. The van der Waals surface area contributed by atoms with Crippen molar-refractivity contribution < 1.29 is 14.5 Å². The van der Waals surface area contributed by atoms with Crippen LogP contribution in [-0.4, -0.2) is 17.5 Å². The number of hydrogen-bond donors (Lipinski definition) is 0. The second-order valence-electron chi connectivity index (χ2n) is 6.55. The lowest BCUT2D eigenvalue weighted by atomic mass is 9.81. The van der Waals surface area contributed by atoms with Gasteiger partial charge in [0.05, 0.1) is 17.1 Å². The Morgan fingerprint density at radius 2 is 1.75 bits per heavy atom. The SMILES string of the molecule is CCOC(=O)C1=C(C)N(c2ccccc2)C=C(C)C1c1ccccc1[N+](=O)[O-]. The lowest BCUT2D eigenvalue weighted by Gasteiger charge is -2.34. The van der Waals surface area contributed by atoms with Crippen molar-refractivity contribution in [1.82, 2.24) is 0 Å². The molecule has 2 aromatic carbocycles.